The highest BCUT2D eigenvalue weighted by Gasteiger charge is 2.22. The summed E-state index contributed by atoms with van der Waals surface area (Å²) >= 11 is 0. The van der Waals surface area contributed by atoms with Crippen LogP contribution in [0.3, 0.4) is 0 Å². The van der Waals surface area contributed by atoms with Crippen molar-refractivity contribution in [2.24, 2.45) is 11.7 Å². The summed E-state index contributed by atoms with van der Waals surface area (Å²) in [5.74, 6) is 0.00335. The fraction of sp³-hybridized carbons (Fsp3) is 0.316. The maximum Gasteiger partial charge on any atom is 0.141 e. The number of hydrogen-bond acceptors (Lipinski definition) is 2. The Balaban J connectivity index is 2.07. The zero-order valence-corrected chi connectivity index (χ0v) is 13.0. The van der Waals surface area contributed by atoms with E-state index in [4.69, 9.17) is 5.73 Å². The van der Waals surface area contributed by atoms with E-state index in [1.165, 1.54) is 11.1 Å². The molecule has 0 fully saturated rings. The van der Waals surface area contributed by atoms with Crippen molar-refractivity contribution in [3.63, 3.8) is 0 Å². The summed E-state index contributed by atoms with van der Waals surface area (Å²) in [5.41, 5.74) is 10.8. The van der Waals surface area contributed by atoms with Crippen LogP contribution in [0.4, 0.5) is 0 Å². The van der Waals surface area contributed by atoms with E-state index in [1.807, 2.05) is 43.3 Å². The molecule has 0 spiro atoms. The Bertz CT molecular complexity index is 619. The van der Waals surface area contributed by atoms with Crippen LogP contribution in [-0.2, 0) is 11.2 Å². The number of benzene rings is 2. The van der Waals surface area contributed by atoms with Gasteiger partial charge < -0.3 is 5.73 Å². The number of nitrogens with two attached hydrogens (primary N) is 1. The second-order valence-corrected chi connectivity index (χ2v) is 5.79. The first-order valence-corrected chi connectivity index (χ1v) is 7.38. The second kappa shape index (κ2) is 6.68. The van der Waals surface area contributed by atoms with Crippen molar-refractivity contribution in [3.05, 3.63) is 70.8 Å². The fourth-order valence-corrected chi connectivity index (χ4v) is 2.44. The van der Waals surface area contributed by atoms with Crippen molar-refractivity contribution >= 4 is 5.78 Å². The Morgan fingerprint density at radius 3 is 2.33 bits per heavy atom. The van der Waals surface area contributed by atoms with Crippen LogP contribution in [0.2, 0.25) is 0 Å². The van der Waals surface area contributed by atoms with Crippen LogP contribution in [0.25, 0.3) is 0 Å². The summed E-state index contributed by atoms with van der Waals surface area (Å²) in [6.45, 7) is 6.07. The van der Waals surface area contributed by atoms with Gasteiger partial charge in [0.05, 0.1) is 0 Å². The van der Waals surface area contributed by atoms with Crippen LogP contribution in [0.1, 0.15) is 35.2 Å². The van der Waals surface area contributed by atoms with Crippen LogP contribution in [0.15, 0.2) is 48.5 Å². The normalized spacial score (nSPS) is 13.7. The molecule has 0 amide bonds. The van der Waals surface area contributed by atoms with Crippen molar-refractivity contribution < 1.29 is 4.79 Å². The fourth-order valence-electron chi connectivity index (χ4n) is 2.44. The molecule has 0 aliphatic carbocycles. The molecule has 2 heteroatoms. The summed E-state index contributed by atoms with van der Waals surface area (Å²) < 4.78 is 0. The molecule has 110 valence electrons. The van der Waals surface area contributed by atoms with Crippen LogP contribution in [0.5, 0.6) is 0 Å². The van der Waals surface area contributed by atoms with E-state index in [-0.39, 0.29) is 17.7 Å². The molecule has 0 bridgehead atoms. The SMILES string of the molecule is Cc1ccc(CC(=O)C(C)C(N)c2ccccc2)cc1C. The molecular formula is C19H23NO. The van der Waals surface area contributed by atoms with Gasteiger partial charge in [0.15, 0.2) is 0 Å². The van der Waals surface area contributed by atoms with Gasteiger partial charge in [0.1, 0.15) is 5.78 Å². The number of rotatable bonds is 5. The lowest BCUT2D eigenvalue weighted by Gasteiger charge is -2.19. The number of carbonyl (C=O) groups is 1. The summed E-state index contributed by atoms with van der Waals surface area (Å²) in [7, 11) is 0. The monoisotopic (exact) mass is 281 g/mol. The van der Waals surface area contributed by atoms with Gasteiger partial charge in [-0.05, 0) is 36.1 Å². The molecule has 2 rings (SSSR count). The van der Waals surface area contributed by atoms with E-state index >= 15 is 0 Å². The van der Waals surface area contributed by atoms with E-state index in [0.29, 0.717) is 6.42 Å². The maximum atomic E-state index is 12.4. The highest BCUT2D eigenvalue weighted by atomic mass is 16.1. The Hall–Kier alpha value is -1.93. The third-order valence-corrected chi connectivity index (χ3v) is 4.18. The first-order chi connectivity index (χ1) is 9.99. The molecule has 0 radical (unpaired) electrons. The molecule has 0 saturated carbocycles. The zero-order chi connectivity index (χ0) is 15.4. The van der Waals surface area contributed by atoms with Crippen molar-refractivity contribution in [1.82, 2.24) is 0 Å². The van der Waals surface area contributed by atoms with Gasteiger partial charge in [0.25, 0.3) is 0 Å². The van der Waals surface area contributed by atoms with Crippen molar-refractivity contribution in [1.29, 1.82) is 0 Å². The van der Waals surface area contributed by atoms with E-state index in [0.717, 1.165) is 11.1 Å². The standard InChI is InChI=1S/C19H23NO/c1-13-9-10-16(11-14(13)2)12-18(21)15(3)19(20)17-7-5-4-6-8-17/h4-11,15,19H,12,20H2,1-3H3. The van der Waals surface area contributed by atoms with Crippen LogP contribution < -0.4 is 5.73 Å². The van der Waals surface area contributed by atoms with Crippen molar-refractivity contribution in [2.45, 2.75) is 33.2 Å². The van der Waals surface area contributed by atoms with Crippen LogP contribution in [-0.4, -0.2) is 5.78 Å². The third kappa shape index (κ3) is 3.79. The Kier molecular flexibility index (Phi) is 4.92. The number of aryl methyl sites for hydroxylation is 2. The van der Waals surface area contributed by atoms with Crippen LogP contribution in [0, 0.1) is 19.8 Å². The minimum atomic E-state index is -0.245. The maximum absolute atomic E-state index is 12.4. The molecule has 2 N–H and O–H groups in total. The molecule has 2 nitrogen and oxygen atoms in total. The predicted molar refractivity (Wildman–Crippen MR) is 87.2 cm³/mol. The molecule has 21 heavy (non-hydrogen) atoms. The summed E-state index contributed by atoms with van der Waals surface area (Å²) in [6, 6.07) is 15.8. The lowest BCUT2D eigenvalue weighted by molar-refractivity contribution is -0.122. The first-order valence-electron chi connectivity index (χ1n) is 7.38. The number of carbonyl (C=O) groups excluding carboxylic acids is 1. The molecule has 2 aromatic rings. The molecule has 2 unspecified atom stereocenters. The quantitative estimate of drug-likeness (QED) is 0.907. The largest absolute Gasteiger partial charge is 0.323 e. The molecule has 0 heterocycles. The highest BCUT2D eigenvalue weighted by molar-refractivity contribution is 5.83. The molecule has 2 aromatic carbocycles. The van der Waals surface area contributed by atoms with E-state index in [2.05, 4.69) is 26.0 Å². The van der Waals surface area contributed by atoms with E-state index in [1.54, 1.807) is 0 Å². The van der Waals surface area contributed by atoms with Gasteiger partial charge in [0, 0.05) is 18.4 Å². The van der Waals surface area contributed by atoms with Gasteiger partial charge in [-0.25, -0.2) is 0 Å². The molecule has 2 atom stereocenters. The van der Waals surface area contributed by atoms with Gasteiger partial charge in [-0.2, -0.15) is 0 Å². The Morgan fingerprint density at radius 2 is 1.71 bits per heavy atom. The van der Waals surface area contributed by atoms with Crippen molar-refractivity contribution in [2.75, 3.05) is 0 Å². The topological polar surface area (TPSA) is 43.1 Å². The number of ketones is 1. The molecule has 0 aromatic heterocycles. The summed E-state index contributed by atoms with van der Waals surface area (Å²) in [4.78, 5) is 12.4. The average Bonchev–Trinajstić information content (AvgIpc) is 2.50. The van der Waals surface area contributed by atoms with Gasteiger partial charge in [-0.1, -0.05) is 55.5 Å². The van der Waals surface area contributed by atoms with Crippen LogP contribution >= 0.6 is 0 Å². The second-order valence-electron chi connectivity index (χ2n) is 5.79. The minimum Gasteiger partial charge on any atom is -0.323 e. The number of hydrogen-bond donors (Lipinski definition) is 1. The molecule has 0 aliphatic rings. The van der Waals surface area contributed by atoms with Crippen molar-refractivity contribution in [3.8, 4) is 0 Å². The highest BCUT2D eigenvalue weighted by Crippen LogP contribution is 2.21. The first kappa shape index (κ1) is 15.5. The van der Waals surface area contributed by atoms with Gasteiger partial charge >= 0.3 is 0 Å². The Morgan fingerprint density at radius 1 is 1.05 bits per heavy atom. The summed E-state index contributed by atoms with van der Waals surface area (Å²) in [5, 5.41) is 0. The minimum absolute atomic E-state index is 0.186. The lowest BCUT2D eigenvalue weighted by atomic mass is 9.88. The van der Waals surface area contributed by atoms with Gasteiger partial charge in [-0.3, -0.25) is 4.79 Å². The van der Waals surface area contributed by atoms with E-state index in [9.17, 15) is 4.79 Å². The summed E-state index contributed by atoms with van der Waals surface area (Å²) in [6.07, 6.45) is 0.447. The lowest BCUT2D eigenvalue weighted by Crippen LogP contribution is -2.27. The third-order valence-electron chi connectivity index (χ3n) is 4.18. The molecule has 0 saturated heterocycles. The Labute approximate surface area is 127 Å². The zero-order valence-electron chi connectivity index (χ0n) is 13.0. The average molecular weight is 281 g/mol. The smallest absolute Gasteiger partial charge is 0.141 e. The molecular weight excluding hydrogens is 258 g/mol. The van der Waals surface area contributed by atoms with Gasteiger partial charge in [-0.15, -0.1) is 0 Å². The van der Waals surface area contributed by atoms with Gasteiger partial charge in [0.2, 0.25) is 0 Å². The number of Topliss-reactive ketones (excluding diaryl/α,β-unsaturated/α-hetero) is 1. The predicted octanol–water partition coefficient (Wildman–Crippen LogP) is 3.75. The van der Waals surface area contributed by atoms with E-state index < -0.39 is 0 Å². The molecule has 0 aliphatic heterocycles.